The number of aryl methyl sites for hydroxylation is 3. The van der Waals surface area contributed by atoms with Crippen molar-refractivity contribution in [1.29, 1.82) is 0 Å². The Kier molecular flexibility index (Phi) is 4.93. The normalized spacial score (nSPS) is 11.1. The highest BCUT2D eigenvalue weighted by molar-refractivity contribution is 6.08. The highest BCUT2D eigenvalue weighted by Crippen LogP contribution is 2.26. The Morgan fingerprint density at radius 3 is 2.65 bits per heavy atom. The summed E-state index contributed by atoms with van der Waals surface area (Å²) in [5.41, 5.74) is 3.66. The second-order valence-corrected chi connectivity index (χ2v) is 6.43. The second kappa shape index (κ2) is 7.15. The molecule has 26 heavy (non-hydrogen) atoms. The Labute approximate surface area is 152 Å². The lowest BCUT2D eigenvalue weighted by molar-refractivity contribution is -0.116. The largest absolute Gasteiger partial charge is 0.337 e. The molecule has 0 saturated heterocycles. The van der Waals surface area contributed by atoms with Gasteiger partial charge >= 0.3 is 0 Å². The van der Waals surface area contributed by atoms with Crippen molar-refractivity contribution in [3.8, 4) is 0 Å². The van der Waals surface area contributed by atoms with Crippen molar-refractivity contribution in [2.24, 2.45) is 0 Å². The van der Waals surface area contributed by atoms with Crippen molar-refractivity contribution in [2.45, 2.75) is 47.2 Å². The number of amides is 1. The summed E-state index contributed by atoms with van der Waals surface area (Å²) >= 11 is 0. The molecule has 0 spiro atoms. The van der Waals surface area contributed by atoms with Crippen LogP contribution in [0.25, 0.3) is 10.9 Å². The van der Waals surface area contributed by atoms with E-state index in [4.69, 9.17) is 0 Å². The van der Waals surface area contributed by atoms with Crippen LogP contribution in [0.15, 0.2) is 30.6 Å². The van der Waals surface area contributed by atoms with Crippen molar-refractivity contribution >= 4 is 28.4 Å². The molecule has 0 saturated carbocycles. The van der Waals surface area contributed by atoms with Crippen molar-refractivity contribution in [3.05, 3.63) is 47.3 Å². The van der Waals surface area contributed by atoms with Gasteiger partial charge in [0.2, 0.25) is 5.91 Å². The Morgan fingerprint density at radius 1 is 1.23 bits per heavy atom. The van der Waals surface area contributed by atoms with Gasteiger partial charge in [0, 0.05) is 29.3 Å². The van der Waals surface area contributed by atoms with Crippen LogP contribution in [0.1, 0.15) is 42.3 Å². The molecule has 6 heteroatoms. The van der Waals surface area contributed by atoms with E-state index < -0.39 is 0 Å². The first kappa shape index (κ1) is 17.9. The summed E-state index contributed by atoms with van der Waals surface area (Å²) in [6.45, 7) is 8.36. The standard InChI is InChI=1S/C20H24N4O2/c1-5-15-8-7-9-16-17(14(4)25)11-23(19(15)16)12-18(26)22-20-13(3)10-21-24(20)6-2/h7-11H,5-6,12H2,1-4H3,(H,22,26). The Bertz CT molecular complexity index is 981. The van der Waals surface area contributed by atoms with Crippen LogP contribution >= 0.6 is 0 Å². The lowest BCUT2D eigenvalue weighted by Gasteiger charge is -2.11. The smallest absolute Gasteiger partial charge is 0.245 e. The molecule has 1 aromatic carbocycles. The molecule has 6 nitrogen and oxygen atoms in total. The molecule has 2 heterocycles. The molecule has 0 fully saturated rings. The van der Waals surface area contributed by atoms with Crippen molar-refractivity contribution in [3.63, 3.8) is 0 Å². The number of fused-ring (bicyclic) bond motifs is 1. The fraction of sp³-hybridized carbons (Fsp3) is 0.350. The lowest BCUT2D eigenvalue weighted by Crippen LogP contribution is -2.21. The molecule has 1 amide bonds. The van der Waals surface area contributed by atoms with Gasteiger partial charge in [0.25, 0.3) is 0 Å². The molecule has 0 atom stereocenters. The quantitative estimate of drug-likeness (QED) is 0.690. The molecular formula is C20H24N4O2. The van der Waals surface area contributed by atoms with Gasteiger partial charge < -0.3 is 9.88 Å². The monoisotopic (exact) mass is 352 g/mol. The maximum Gasteiger partial charge on any atom is 0.245 e. The van der Waals surface area contributed by atoms with E-state index in [2.05, 4.69) is 17.3 Å². The van der Waals surface area contributed by atoms with Gasteiger partial charge in [-0.15, -0.1) is 0 Å². The minimum Gasteiger partial charge on any atom is -0.337 e. The number of hydrogen-bond donors (Lipinski definition) is 1. The average Bonchev–Trinajstić information content (AvgIpc) is 3.16. The number of nitrogens with zero attached hydrogens (tertiary/aromatic N) is 3. The fourth-order valence-corrected chi connectivity index (χ4v) is 3.34. The van der Waals surface area contributed by atoms with Crippen LogP contribution in [0.5, 0.6) is 0 Å². The van der Waals surface area contributed by atoms with Gasteiger partial charge in [-0.3, -0.25) is 9.59 Å². The number of Topliss-reactive ketones (excluding diaryl/α,β-unsaturated/α-hetero) is 1. The predicted octanol–water partition coefficient (Wildman–Crippen LogP) is 3.57. The third kappa shape index (κ3) is 3.14. The number of benzene rings is 1. The first-order chi connectivity index (χ1) is 12.5. The highest BCUT2D eigenvalue weighted by atomic mass is 16.2. The van der Waals surface area contributed by atoms with Crippen LogP contribution in [-0.4, -0.2) is 26.0 Å². The number of carbonyl (C=O) groups excluding carboxylic acids is 2. The third-order valence-electron chi connectivity index (χ3n) is 4.64. The minimum atomic E-state index is -0.138. The summed E-state index contributed by atoms with van der Waals surface area (Å²) in [6.07, 6.45) is 4.37. The zero-order valence-corrected chi connectivity index (χ0v) is 15.7. The Hall–Kier alpha value is -2.89. The first-order valence-electron chi connectivity index (χ1n) is 8.90. The molecule has 0 aliphatic rings. The molecule has 0 aliphatic carbocycles. The Morgan fingerprint density at radius 2 is 2.00 bits per heavy atom. The van der Waals surface area contributed by atoms with Crippen LogP contribution in [0, 0.1) is 6.92 Å². The molecule has 0 radical (unpaired) electrons. The predicted molar refractivity (Wildman–Crippen MR) is 103 cm³/mol. The topological polar surface area (TPSA) is 68.9 Å². The highest BCUT2D eigenvalue weighted by Gasteiger charge is 2.17. The molecule has 0 bridgehead atoms. The van der Waals surface area contributed by atoms with Crippen LogP contribution in [0.2, 0.25) is 0 Å². The van der Waals surface area contributed by atoms with Crippen molar-refractivity contribution < 1.29 is 9.59 Å². The fourth-order valence-electron chi connectivity index (χ4n) is 3.34. The summed E-state index contributed by atoms with van der Waals surface area (Å²) in [4.78, 5) is 24.7. The number of anilines is 1. The van der Waals surface area contributed by atoms with Gasteiger partial charge in [0.1, 0.15) is 12.4 Å². The number of nitrogens with one attached hydrogen (secondary N) is 1. The number of ketones is 1. The van der Waals surface area contributed by atoms with E-state index in [-0.39, 0.29) is 18.2 Å². The van der Waals surface area contributed by atoms with Crippen LogP contribution < -0.4 is 5.32 Å². The van der Waals surface area contributed by atoms with E-state index in [0.29, 0.717) is 12.1 Å². The third-order valence-corrected chi connectivity index (χ3v) is 4.64. The number of rotatable bonds is 6. The van der Waals surface area contributed by atoms with Gasteiger partial charge in [-0.25, -0.2) is 4.68 Å². The summed E-state index contributed by atoms with van der Waals surface area (Å²) in [6, 6.07) is 5.94. The number of hydrogen-bond acceptors (Lipinski definition) is 3. The van der Waals surface area contributed by atoms with Gasteiger partial charge in [0.15, 0.2) is 5.78 Å². The molecular weight excluding hydrogens is 328 g/mol. The number of aromatic nitrogens is 3. The molecule has 136 valence electrons. The molecule has 3 aromatic rings. The van der Waals surface area contributed by atoms with E-state index in [1.807, 2.05) is 36.6 Å². The maximum atomic E-state index is 12.7. The van der Waals surface area contributed by atoms with Gasteiger partial charge in [-0.2, -0.15) is 5.10 Å². The van der Waals surface area contributed by atoms with Gasteiger partial charge in [0.05, 0.1) is 11.7 Å². The van der Waals surface area contributed by atoms with Crippen LogP contribution in [-0.2, 0) is 24.3 Å². The van der Waals surface area contributed by atoms with Gasteiger partial charge in [-0.05, 0) is 32.8 Å². The summed E-state index contributed by atoms with van der Waals surface area (Å²) in [5, 5.41) is 8.11. The zero-order valence-electron chi connectivity index (χ0n) is 15.7. The van der Waals surface area contributed by atoms with Crippen molar-refractivity contribution in [2.75, 3.05) is 5.32 Å². The van der Waals surface area contributed by atoms with E-state index in [9.17, 15) is 9.59 Å². The van der Waals surface area contributed by atoms with Crippen LogP contribution in [0.3, 0.4) is 0 Å². The number of carbonyl (C=O) groups is 2. The summed E-state index contributed by atoms with van der Waals surface area (Å²) < 4.78 is 3.64. The zero-order chi connectivity index (χ0) is 18.8. The summed E-state index contributed by atoms with van der Waals surface area (Å²) in [5.74, 6) is 0.583. The van der Waals surface area contributed by atoms with Crippen LogP contribution in [0.4, 0.5) is 5.82 Å². The number of para-hydroxylation sites is 1. The van der Waals surface area contributed by atoms with E-state index >= 15 is 0 Å². The van der Waals surface area contributed by atoms with Gasteiger partial charge in [-0.1, -0.05) is 25.1 Å². The van der Waals surface area contributed by atoms with Crippen molar-refractivity contribution in [1.82, 2.24) is 14.3 Å². The summed E-state index contributed by atoms with van der Waals surface area (Å²) in [7, 11) is 0. The Balaban J connectivity index is 1.96. The lowest BCUT2D eigenvalue weighted by atomic mass is 10.1. The molecule has 0 unspecified atom stereocenters. The molecule has 3 rings (SSSR count). The second-order valence-electron chi connectivity index (χ2n) is 6.43. The molecule has 2 aromatic heterocycles. The van der Waals surface area contributed by atoms with E-state index in [1.165, 1.54) is 0 Å². The molecule has 0 aliphatic heterocycles. The maximum absolute atomic E-state index is 12.7. The SMILES string of the molecule is CCc1cccc2c(C(C)=O)cn(CC(=O)Nc3c(C)cnn3CC)c12. The van der Waals surface area contributed by atoms with E-state index in [0.717, 1.165) is 34.3 Å². The first-order valence-corrected chi connectivity index (χ1v) is 8.90. The van der Waals surface area contributed by atoms with E-state index in [1.54, 1.807) is 24.0 Å². The average molecular weight is 352 g/mol. The molecule has 1 N–H and O–H groups in total. The minimum absolute atomic E-state index is 0.00214.